The minimum absolute atomic E-state index is 0.656. The molecule has 98 valence electrons. The van der Waals surface area contributed by atoms with Gasteiger partial charge in [0.15, 0.2) is 0 Å². The van der Waals surface area contributed by atoms with Crippen LogP contribution in [-0.2, 0) is 22.6 Å². The highest BCUT2D eigenvalue weighted by atomic mass is 16.5. The molecule has 17 heavy (non-hydrogen) atoms. The minimum atomic E-state index is 0.656. The third-order valence-electron chi connectivity index (χ3n) is 2.40. The summed E-state index contributed by atoms with van der Waals surface area (Å²) in [6.07, 6.45) is 2.95. The third kappa shape index (κ3) is 5.81. The lowest BCUT2D eigenvalue weighted by Gasteiger charge is -2.08. The van der Waals surface area contributed by atoms with Crippen molar-refractivity contribution in [1.29, 1.82) is 0 Å². The molecule has 0 atom stereocenters. The second-order valence-corrected chi connectivity index (χ2v) is 3.83. The van der Waals surface area contributed by atoms with Crippen molar-refractivity contribution in [2.24, 2.45) is 0 Å². The molecule has 1 N–H and O–H groups in total. The fourth-order valence-corrected chi connectivity index (χ4v) is 1.53. The van der Waals surface area contributed by atoms with Crippen molar-refractivity contribution < 1.29 is 9.47 Å². The van der Waals surface area contributed by atoms with Crippen molar-refractivity contribution in [2.75, 3.05) is 33.5 Å². The highest BCUT2D eigenvalue weighted by Gasteiger charge is 2.00. The largest absolute Gasteiger partial charge is 0.382 e. The second-order valence-electron chi connectivity index (χ2n) is 3.83. The van der Waals surface area contributed by atoms with Gasteiger partial charge in [0.25, 0.3) is 0 Å². The predicted octanol–water partition coefficient (Wildman–Crippen LogP) is 1.05. The summed E-state index contributed by atoms with van der Waals surface area (Å²) in [7, 11) is 1.68. The van der Waals surface area contributed by atoms with Crippen LogP contribution in [0.4, 0.5) is 0 Å². The molecule has 5 nitrogen and oxygen atoms in total. The Morgan fingerprint density at radius 1 is 1.35 bits per heavy atom. The van der Waals surface area contributed by atoms with Gasteiger partial charge >= 0.3 is 0 Å². The molecule has 0 radical (unpaired) electrons. The number of ether oxygens (including phenoxy) is 2. The van der Waals surface area contributed by atoms with Gasteiger partial charge in [0, 0.05) is 32.9 Å². The quantitative estimate of drug-likeness (QED) is 0.622. The number of nitrogens with zero attached hydrogens (tertiary/aromatic N) is 2. The van der Waals surface area contributed by atoms with Gasteiger partial charge in [-0.3, -0.25) is 4.68 Å². The van der Waals surface area contributed by atoms with Gasteiger partial charge in [0.2, 0.25) is 0 Å². The average Bonchev–Trinajstić information content (AvgIpc) is 2.76. The van der Waals surface area contributed by atoms with Gasteiger partial charge in [-0.05, 0) is 12.5 Å². The number of aryl methyl sites for hydroxylation is 1. The monoisotopic (exact) mass is 241 g/mol. The molecular formula is C12H23N3O2. The maximum atomic E-state index is 5.36. The molecule has 1 aromatic heterocycles. The Labute approximate surface area is 103 Å². The summed E-state index contributed by atoms with van der Waals surface area (Å²) in [6.45, 7) is 6.85. The van der Waals surface area contributed by atoms with Gasteiger partial charge in [-0.15, -0.1) is 0 Å². The average molecular weight is 241 g/mol. The Bertz CT molecular complexity index is 289. The number of rotatable bonds is 10. The molecule has 0 amide bonds. The van der Waals surface area contributed by atoms with Gasteiger partial charge in [-0.2, -0.15) is 5.10 Å². The van der Waals surface area contributed by atoms with Gasteiger partial charge in [-0.25, -0.2) is 0 Å². The van der Waals surface area contributed by atoms with E-state index in [1.54, 1.807) is 7.11 Å². The standard InChI is InChI=1S/C12H23N3O2/c1-3-7-15-12(4-5-14-15)11-13-6-8-17-10-9-16-2/h4-5,13H,3,6-11H2,1-2H3. The Kier molecular flexibility index (Phi) is 7.62. The summed E-state index contributed by atoms with van der Waals surface area (Å²) in [4.78, 5) is 0. The van der Waals surface area contributed by atoms with Crippen molar-refractivity contribution in [2.45, 2.75) is 26.4 Å². The van der Waals surface area contributed by atoms with Crippen LogP contribution >= 0.6 is 0 Å². The van der Waals surface area contributed by atoms with E-state index in [2.05, 4.69) is 23.4 Å². The molecule has 0 aliphatic heterocycles. The fourth-order valence-electron chi connectivity index (χ4n) is 1.53. The van der Waals surface area contributed by atoms with Crippen LogP contribution in [0.25, 0.3) is 0 Å². The zero-order valence-corrected chi connectivity index (χ0v) is 10.8. The summed E-state index contributed by atoms with van der Waals surface area (Å²) < 4.78 is 12.3. The maximum absolute atomic E-state index is 5.36. The topological polar surface area (TPSA) is 48.3 Å². The smallest absolute Gasteiger partial charge is 0.0700 e. The molecule has 0 saturated carbocycles. The van der Waals surface area contributed by atoms with Gasteiger partial charge < -0.3 is 14.8 Å². The molecule has 5 heteroatoms. The molecule has 0 aliphatic rings. The summed E-state index contributed by atoms with van der Waals surface area (Å²) in [6, 6.07) is 2.05. The molecule has 0 bridgehead atoms. The van der Waals surface area contributed by atoms with Crippen LogP contribution in [0.1, 0.15) is 19.0 Å². The van der Waals surface area contributed by atoms with Crippen LogP contribution in [0.15, 0.2) is 12.3 Å². The van der Waals surface area contributed by atoms with Gasteiger partial charge in [0.1, 0.15) is 0 Å². The zero-order valence-electron chi connectivity index (χ0n) is 10.8. The normalized spacial score (nSPS) is 10.9. The SMILES string of the molecule is CCCn1nccc1CNCCOCCOC. The molecule has 0 fully saturated rings. The molecular weight excluding hydrogens is 218 g/mol. The molecule has 0 spiro atoms. The zero-order chi connectivity index (χ0) is 12.3. The van der Waals surface area contributed by atoms with E-state index in [4.69, 9.17) is 9.47 Å². The first-order chi connectivity index (χ1) is 8.38. The van der Waals surface area contributed by atoms with Crippen LogP contribution in [0.5, 0.6) is 0 Å². The van der Waals surface area contributed by atoms with E-state index in [9.17, 15) is 0 Å². The predicted molar refractivity (Wildman–Crippen MR) is 66.9 cm³/mol. The minimum Gasteiger partial charge on any atom is -0.382 e. The van der Waals surface area contributed by atoms with E-state index in [0.29, 0.717) is 19.8 Å². The van der Waals surface area contributed by atoms with E-state index in [-0.39, 0.29) is 0 Å². The number of nitrogens with one attached hydrogen (secondary N) is 1. The lowest BCUT2D eigenvalue weighted by molar-refractivity contribution is 0.0718. The van der Waals surface area contributed by atoms with E-state index in [0.717, 1.165) is 26.1 Å². The van der Waals surface area contributed by atoms with Gasteiger partial charge in [0.05, 0.1) is 25.5 Å². The first-order valence-electron chi connectivity index (χ1n) is 6.16. The number of hydrogen-bond donors (Lipinski definition) is 1. The second kappa shape index (κ2) is 9.15. The van der Waals surface area contributed by atoms with Crippen LogP contribution in [0.2, 0.25) is 0 Å². The van der Waals surface area contributed by atoms with Crippen molar-refractivity contribution >= 4 is 0 Å². The molecule has 1 aromatic rings. The number of hydrogen-bond acceptors (Lipinski definition) is 4. The van der Waals surface area contributed by atoms with E-state index >= 15 is 0 Å². The first-order valence-corrected chi connectivity index (χ1v) is 6.16. The van der Waals surface area contributed by atoms with Crippen molar-refractivity contribution in [1.82, 2.24) is 15.1 Å². The summed E-state index contributed by atoms with van der Waals surface area (Å²) in [5.74, 6) is 0. The van der Waals surface area contributed by atoms with Crippen LogP contribution in [0.3, 0.4) is 0 Å². The highest BCUT2D eigenvalue weighted by Crippen LogP contribution is 1.99. The highest BCUT2D eigenvalue weighted by molar-refractivity contribution is 4.99. The summed E-state index contributed by atoms with van der Waals surface area (Å²) >= 11 is 0. The Hall–Kier alpha value is -0.910. The van der Waals surface area contributed by atoms with E-state index < -0.39 is 0 Å². The lowest BCUT2D eigenvalue weighted by atomic mass is 10.4. The Morgan fingerprint density at radius 2 is 2.24 bits per heavy atom. The van der Waals surface area contributed by atoms with Crippen LogP contribution in [0, 0.1) is 0 Å². The van der Waals surface area contributed by atoms with Crippen LogP contribution < -0.4 is 5.32 Å². The Morgan fingerprint density at radius 3 is 3.00 bits per heavy atom. The van der Waals surface area contributed by atoms with Gasteiger partial charge in [-0.1, -0.05) is 6.92 Å². The summed E-state index contributed by atoms with van der Waals surface area (Å²) in [5.41, 5.74) is 1.23. The molecule has 0 aliphatic carbocycles. The van der Waals surface area contributed by atoms with Crippen LogP contribution in [-0.4, -0.2) is 43.3 Å². The van der Waals surface area contributed by atoms with E-state index in [1.165, 1.54) is 5.69 Å². The van der Waals surface area contributed by atoms with Crippen molar-refractivity contribution in [3.8, 4) is 0 Å². The third-order valence-corrected chi connectivity index (χ3v) is 2.40. The lowest BCUT2D eigenvalue weighted by Crippen LogP contribution is -2.22. The molecule has 0 aromatic carbocycles. The fraction of sp³-hybridized carbons (Fsp3) is 0.750. The first kappa shape index (κ1) is 14.2. The number of aromatic nitrogens is 2. The Balaban J connectivity index is 2.07. The summed E-state index contributed by atoms with van der Waals surface area (Å²) in [5, 5.41) is 7.61. The van der Waals surface area contributed by atoms with Crippen molar-refractivity contribution in [3.63, 3.8) is 0 Å². The molecule has 0 saturated heterocycles. The molecule has 1 rings (SSSR count). The van der Waals surface area contributed by atoms with Crippen molar-refractivity contribution in [3.05, 3.63) is 18.0 Å². The molecule has 1 heterocycles. The maximum Gasteiger partial charge on any atom is 0.0700 e. The number of methoxy groups -OCH3 is 1. The molecule has 0 unspecified atom stereocenters. The van der Waals surface area contributed by atoms with E-state index in [1.807, 2.05) is 10.9 Å².